The molecule has 1 aromatic carbocycles. The van der Waals surface area contributed by atoms with Gasteiger partial charge in [0.2, 0.25) is 0 Å². The van der Waals surface area contributed by atoms with Crippen molar-refractivity contribution >= 4 is 17.7 Å². The van der Waals surface area contributed by atoms with Gasteiger partial charge in [0.1, 0.15) is 6.10 Å². The van der Waals surface area contributed by atoms with Crippen LogP contribution in [0.4, 0.5) is 0 Å². The van der Waals surface area contributed by atoms with Gasteiger partial charge in [-0.15, -0.1) is 0 Å². The first-order valence-corrected chi connectivity index (χ1v) is 8.08. The highest BCUT2D eigenvalue weighted by molar-refractivity contribution is 7.99. The summed E-state index contributed by atoms with van der Waals surface area (Å²) in [5.41, 5.74) is 0.379. The van der Waals surface area contributed by atoms with E-state index in [2.05, 4.69) is 0 Å². The van der Waals surface area contributed by atoms with Gasteiger partial charge >= 0.3 is 5.97 Å². The van der Waals surface area contributed by atoms with Crippen LogP contribution in [0, 0.1) is 0 Å². The summed E-state index contributed by atoms with van der Waals surface area (Å²) in [6.07, 6.45) is -0.360. The van der Waals surface area contributed by atoms with Crippen molar-refractivity contribution in [2.45, 2.75) is 25.6 Å². The second kappa shape index (κ2) is 7.56. The van der Waals surface area contributed by atoms with E-state index in [-0.39, 0.29) is 12.7 Å². The zero-order valence-corrected chi connectivity index (χ0v) is 13.0. The van der Waals surface area contributed by atoms with Crippen LogP contribution in [-0.2, 0) is 9.53 Å². The fourth-order valence-corrected chi connectivity index (χ4v) is 3.25. The largest absolute Gasteiger partial charge is 0.493 e. The second-order valence-corrected chi connectivity index (χ2v) is 5.79. The third-order valence-electron chi connectivity index (χ3n) is 3.21. The molecule has 5 nitrogen and oxygen atoms in total. The van der Waals surface area contributed by atoms with Gasteiger partial charge < -0.3 is 19.3 Å². The van der Waals surface area contributed by atoms with Crippen LogP contribution in [0.5, 0.6) is 11.5 Å². The Labute approximate surface area is 128 Å². The van der Waals surface area contributed by atoms with Gasteiger partial charge in [-0.1, -0.05) is 12.1 Å². The van der Waals surface area contributed by atoms with Gasteiger partial charge in [-0.25, -0.2) is 4.79 Å². The number of hydrogen-bond acceptors (Lipinski definition) is 6. The summed E-state index contributed by atoms with van der Waals surface area (Å²) < 4.78 is 16.1. The quantitative estimate of drug-likeness (QED) is 0.812. The number of hydrogen-bond donors (Lipinski definition) is 1. The molecule has 1 fully saturated rings. The molecule has 0 saturated carbocycles. The summed E-state index contributed by atoms with van der Waals surface area (Å²) in [7, 11) is 1.53. The molecule has 2 rings (SSSR count). The van der Waals surface area contributed by atoms with E-state index in [0.717, 1.165) is 17.9 Å². The number of carbonyl (C=O) groups excluding carboxylic acids is 1. The van der Waals surface area contributed by atoms with Gasteiger partial charge in [0.05, 0.1) is 13.7 Å². The minimum Gasteiger partial charge on any atom is -0.493 e. The summed E-state index contributed by atoms with van der Waals surface area (Å²) in [5.74, 6) is 2.19. The molecule has 2 unspecified atom stereocenters. The van der Waals surface area contributed by atoms with Gasteiger partial charge in [0.25, 0.3) is 0 Å². The molecule has 1 aliphatic heterocycles. The lowest BCUT2D eigenvalue weighted by molar-refractivity contribution is -0.153. The molecule has 0 radical (unpaired) electrons. The summed E-state index contributed by atoms with van der Waals surface area (Å²) in [4.78, 5) is 11.8. The van der Waals surface area contributed by atoms with E-state index in [0.29, 0.717) is 17.1 Å². The van der Waals surface area contributed by atoms with Crippen LogP contribution in [0.2, 0.25) is 0 Å². The van der Waals surface area contributed by atoms with E-state index in [9.17, 15) is 9.90 Å². The van der Waals surface area contributed by atoms with E-state index in [4.69, 9.17) is 14.2 Å². The molecule has 2 atom stereocenters. The number of ether oxygens (including phenoxy) is 3. The lowest BCUT2D eigenvalue weighted by Gasteiger charge is -2.20. The Balaban J connectivity index is 2.28. The van der Waals surface area contributed by atoms with Gasteiger partial charge in [0, 0.05) is 11.3 Å². The summed E-state index contributed by atoms with van der Waals surface area (Å²) in [5, 5.41) is 10.2. The van der Waals surface area contributed by atoms with E-state index < -0.39 is 12.1 Å². The van der Waals surface area contributed by atoms with Crippen LogP contribution in [-0.4, -0.2) is 42.4 Å². The molecule has 1 saturated heterocycles. The molecule has 0 bridgehead atoms. The zero-order chi connectivity index (χ0) is 15.2. The van der Waals surface area contributed by atoms with Gasteiger partial charge in [-0.05, 0) is 25.2 Å². The predicted molar refractivity (Wildman–Crippen MR) is 80.9 cm³/mol. The summed E-state index contributed by atoms with van der Waals surface area (Å²) in [6, 6.07) is 5.12. The topological polar surface area (TPSA) is 65.0 Å². The monoisotopic (exact) mass is 312 g/mol. The van der Waals surface area contributed by atoms with E-state index >= 15 is 0 Å². The highest BCUT2D eigenvalue weighted by atomic mass is 32.2. The predicted octanol–water partition coefficient (Wildman–Crippen LogP) is 2.18. The molecule has 0 aromatic heterocycles. The first kappa shape index (κ1) is 16.0. The second-order valence-electron chi connectivity index (χ2n) is 4.64. The molecule has 6 heteroatoms. The third kappa shape index (κ3) is 3.83. The van der Waals surface area contributed by atoms with Crippen molar-refractivity contribution in [2.75, 3.05) is 25.2 Å². The fourth-order valence-electron chi connectivity index (χ4n) is 2.16. The molecule has 1 heterocycles. The molecule has 0 aliphatic carbocycles. The average molecular weight is 312 g/mol. The Bertz CT molecular complexity index is 485. The van der Waals surface area contributed by atoms with Gasteiger partial charge in [-0.3, -0.25) is 0 Å². The number of esters is 1. The van der Waals surface area contributed by atoms with Crippen molar-refractivity contribution in [3.63, 3.8) is 0 Å². The molecule has 1 aliphatic rings. The minimum atomic E-state index is -1.37. The maximum absolute atomic E-state index is 11.8. The number of carbonyl (C=O) groups is 1. The summed E-state index contributed by atoms with van der Waals surface area (Å²) in [6.45, 7) is 1.92. The Morgan fingerprint density at radius 3 is 2.95 bits per heavy atom. The Kier molecular flexibility index (Phi) is 5.76. The number of thioether (sulfide) groups is 1. The van der Waals surface area contributed by atoms with Crippen molar-refractivity contribution in [1.29, 1.82) is 0 Å². The standard InChI is InChI=1S/C15H20O5S/c1-3-19-15(17)13(16)11-5-4-6-12(18-2)14(11)20-10-7-8-21-9-10/h4-6,10,13,16H,3,7-9H2,1-2H3. The lowest BCUT2D eigenvalue weighted by atomic mass is 10.1. The van der Waals surface area contributed by atoms with Crippen LogP contribution < -0.4 is 9.47 Å². The van der Waals surface area contributed by atoms with Gasteiger partial charge in [0.15, 0.2) is 17.6 Å². The molecular formula is C15H20O5S. The molecule has 1 aromatic rings. The highest BCUT2D eigenvalue weighted by Gasteiger charge is 2.27. The number of benzene rings is 1. The SMILES string of the molecule is CCOC(=O)C(O)c1cccc(OC)c1OC1CCSC1. The van der Waals surface area contributed by atoms with Crippen LogP contribution >= 0.6 is 11.8 Å². The normalized spacial score (nSPS) is 19.1. The smallest absolute Gasteiger partial charge is 0.339 e. The number of rotatable bonds is 6. The lowest BCUT2D eigenvalue weighted by Crippen LogP contribution is -2.20. The number of aliphatic hydroxyl groups is 1. The van der Waals surface area contributed by atoms with Gasteiger partial charge in [-0.2, -0.15) is 11.8 Å². The van der Waals surface area contributed by atoms with Crippen molar-refractivity contribution < 1.29 is 24.1 Å². The fraction of sp³-hybridized carbons (Fsp3) is 0.533. The van der Waals surface area contributed by atoms with Crippen molar-refractivity contribution in [2.24, 2.45) is 0 Å². The third-order valence-corrected chi connectivity index (χ3v) is 4.34. The maximum atomic E-state index is 11.8. The van der Waals surface area contributed by atoms with E-state index in [1.54, 1.807) is 25.1 Å². The minimum absolute atomic E-state index is 0.0689. The first-order chi connectivity index (χ1) is 10.2. The Hall–Kier alpha value is -1.40. The molecule has 1 N–H and O–H groups in total. The molecular weight excluding hydrogens is 292 g/mol. The number of aliphatic hydroxyl groups excluding tert-OH is 1. The van der Waals surface area contributed by atoms with Crippen LogP contribution in [0.1, 0.15) is 25.0 Å². The molecule has 0 amide bonds. The highest BCUT2D eigenvalue weighted by Crippen LogP contribution is 2.37. The zero-order valence-electron chi connectivity index (χ0n) is 12.2. The first-order valence-electron chi connectivity index (χ1n) is 6.93. The molecule has 0 spiro atoms. The van der Waals surface area contributed by atoms with Crippen molar-refractivity contribution in [3.05, 3.63) is 23.8 Å². The molecule has 116 valence electrons. The van der Waals surface area contributed by atoms with Crippen LogP contribution in [0.3, 0.4) is 0 Å². The molecule has 21 heavy (non-hydrogen) atoms. The van der Waals surface area contributed by atoms with E-state index in [1.165, 1.54) is 7.11 Å². The Morgan fingerprint density at radius 2 is 2.33 bits per heavy atom. The van der Waals surface area contributed by atoms with Crippen LogP contribution in [0.15, 0.2) is 18.2 Å². The summed E-state index contributed by atoms with van der Waals surface area (Å²) >= 11 is 1.82. The van der Waals surface area contributed by atoms with Crippen molar-refractivity contribution in [1.82, 2.24) is 0 Å². The van der Waals surface area contributed by atoms with Crippen molar-refractivity contribution in [3.8, 4) is 11.5 Å². The number of para-hydroxylation sites is 1. The van der Waals surface area contributed by atoms with Crippen LogP contribution in [0.25, 0.3) is 0 Å². The Morgan fingerprint density at radius 1 is 1.52 bits per heavy atom. The maximum Gasteiger partial charge on any atom is 0.339 e. The average Bonchev–Trinajstić information content (AvgIpc) is 3.00. The number of methoxy groups -OCH3 is 1. The van der Waals surface area contributed by atoms with E-state index in [1.807, 2.05) is 11.8 Å².